The first-order chi connectivity index (χ1) is 13.3. The lowest BCUT2D eigenvalue weighted by Gasteiger charge is -2.22. The number of rotatable bonds is 7. The topological polar surface area (TPSA) is 25.4 Å². The molecule has 0 fully saturated rings. The summed E-state index contributed by atoms with van der Waals surface area (Å²) in [4.78, 5) is 7.13. The van der Waals surface area contributed by atoms with Crippen LogP contribution >= 0.6 is 0 Å². The Bertz CT molecular complexity index is 929. The minimum atomic E-state index is 0.498. The number of fused-ring (bicyclic) bond motifs is 1. The Hall–Kier alpha value is -2.39. The molecule has 3 heteroatoms. The molecule has 0 spiro atoms. The number of pyridine rings is 1. The number of aryl methyl sites for hydroxylation is 1. The summed E-state index contributed by atoms with van der Waals surface area (Å²) in [6.07, 6.45) is 0. The first kappa shape index (κ1) is 20.3. The van der Waals surface area contributed by atoms with Crippen LogP contribution in [0.4, 0.5) is 0 Å². The van der Waals surface area contributed by atoms with Crippen molar-refractivity contribution in [3.63, 3.8) is 0 Å². The van der Waals surface area contributed by atoms with Crippen molar-refractivity contribution in [1.82, 2.24) is 9.88 Å². The van der Waals surface area contributed by atoms with Crippen molar-refractivity contribution >= 4 is 10.9 Å². The third-order valence-corrected chi connectivity index (χ3v) is 5.39. The van der Waals surface area contributed by atoms with Crippen molar-refractivity contribution in [3.05, 3.63) is 70.9 Å². The van der Waals surface area contributed by atoms with E-state index in [9.17, 15) is 0 Å². The van der Waals surface area contributed by atoms with Gasteiger partial charge < -0.3 is 4.74 Å². The Morgan fingerprint density at radius 1 is 0.929 bits per heavy atom. The number of hydrogen-bond donors (Lipinski definition) is 0. The minimum Gasteiger partial charge on any atom is -0.487 e. The van der Waals surface area contributed by atoms with Gasteiger partial charge in [-0.15, -0.1) is 0 Å². The van der Waals surface area contributed by atoms with E-state index in [0.717, 1.165) is 23.5 Å². The second-order valence-electron chi connectivity index (χ2n) is 8.27. The lowest BCUT2D eigenvalue weighted by molar-refractivity contribution is 0.266. The standard InChI is InChI=1S/C25H32N2O/c1-17(2)21-10-8-20(9-11-21)16-28-24-14-12-22(15-27(6)18(3)4)23-13-7-19(5)26-25(23)24/h7-14,17-18H,15-16H2,1-6H3. The fraction of sp³-hybridized carbons (Fsp3) is 0.400. The van der Waals surface area contributed by atoms with Crippen LogP contribution in [0, 0.1) is 6.92 Å². The van der Waals surface area contributed by atoms with E-state index in [0.29, 0.717) is 18.6 Å². The highest BCUT2D eigenvalue weighted by Gasteiger charge is 2.12. The Balaban J connectivity index is 1.86. The molecule has 0 saturated heterocycles. The monoisotopic (exact) mass is 376 g/mol. The molecule has 148 valence electrons. The third-order valence-electron chi connectivity index (χ3n) is 5.39. The van der Waals surface area contributed by atoms with E-state index in [1.165, 1.54) is 22.1 Å². The van der Waals surface area contributed by atoms with Gasteiger partial charge in [-0.1, -0.05) is 50.2 Å². The van der Waals surface area contributed by atoms with Gasteiger partial charge in [0.15, 0.2) is 0 Å². The quantitative estimate of drug-likeness (QED) is 0.499. The maximum Gasteiger partial charge on any atom is 0.146 e. The van der Waals surface area contributed by atoms with E-state index in [1.54, 1.807) is 0 Å². The maximum atomic E-state index is 6.19. The summed E-state index contributed by atoms with van der Waals surface area (Å²) in [7, 11) is 2.16. The third kappa shape index (κ3) is 4.71. The summed E-state index contributed by atoms with van der Waals surface area (Å²) in [5.74, 6) is 1.39. The highest BCUT2D eigenvalue weighted by molar-refractivity contribution is 5.87. The van der Waals surface area contributed by atoms with E-state index < -0.39 is 0 Å². The van der Waals surface area contributed by atoms with Gasteiger partial charge >= 0.3 is 0 Å². The van der Waals surface area contributed by atoms with Crippen molar-refractivity contribution in [2.45, 2.75) is 59.7 Å². The molecule has 1 aromatic heterocycles. The fourth-order valence-electron chi connectivity index (χ4n) is 3.21. The van der Waals surface area contributed by atoms with Crippen molar-refractivity contribution in [2.75, 3.05) is 7.05 Å². The van der Waals surface area contributed by atoms with Crippen LogP contribution in [0.25, 0.3) is 10.9 Å². The molecule has 0 N–H and O–H groups in total. The van der Waals surface area contributed by atoms with E-state index >= 15 is 0 Å². The molecule has 0 atom stereocenters. The number of nitrogens with zero attached hydrogens (tertiary/aromatic N) is 2. The summed E-state index contributed by atoms with van der Waals surface area (Å²) in [6, 6.07) is 17.7. The lowest BCUT2D eigenvalue weighted by atomic mass is 10.0. The summed E-state index contributed by atoms with van der Waals surface area (Å²) < 4.78 is 6.19. The van der Waals surface area contributed by atoms with Gasteiger partial charge in [0.1, 0.15) is 17.9 Å². The smallest absolute Gasteiger partial charge is 0.146 e. The molecular formula is C25H32N2O. The Morgan fingerprint density at radius 2 is 1.64 bits per heavy atom. The SMILES string of the molecule is Cc1ccc2c(CN(C)C(C)C)ccc(OCc3ccc(C(C)C)cc3)c2n1. The molecule has 0 radical (unpaired) electrons. The summed E-state index contributed by atoms with van der Waals surface area (Å²) >= 11 is 0. The van der Waals surface area contributed by atoms with Gasteiger partial charge in [-0.3, -0.25) is 4.90 Å². The van der Waals surface area contributed by atoms with Crippen LogP contribution in [0.2, 0.25) is 0 Å². The number of aromatic nitrogens is 1. The minimum absolute atomic E-state index is 0.498. The van der Waals surface area contributed by atoms with Crippen LogP contribution in [0.1, 0.15) is 56.0 Å². The maximum absolute atomic E-state index is 6.19. The summed E-state index contributed by atoms with van der Waals surface area (Å²) in [6.45, 7) is 12.3. The average molecular weight is 377 g/mol. The Kier molecular flexibility index (Phi) is 6.35. The van der Waals surface area contributed by atoms with Crippen LogP contribution in [0.15, 0.2) is 48.5 Å². The molecule has 3 rings (SSSR count). The normalized spacial score (nSPS) is 11.8. The molecule has 0 bridgehead atoms. The molecule has 0 amide bonds. The van der Waals surface area contributed by atoms with Gasteiger partial charge in [0.05, 0.1) is 0 Å². The summed E-state index contributed by atoms with van der Waals surface area (Å²) in [5, 5.41) is 1.17. The number of benzene rings is 2. The predicted molar refractivity (Wildman–Crippen MR) is 118 cm³/mol. The first-order valence-electron chi connectivity index (χ1n) is 10.2. The highest BCUT2D eigenvalue weighted by atomic mass is 16.5. The van der Waals surface area contributed by atoms with Gasteiger partial charge in [0.25, 0.3) is 0 Å². The molecule has 2 aromatic carbocycles. The second kappa shape index (κ2) is 8.74. The molecule has 28 heavy (non-hydrogen) atoms. The van der Waals surface area contributed by atoms with Crippen molar-refractivity contribution in [1.29, 1.82) is 0 Å². The first-order valence-corrected chi connectivity index (χ1v) is 10.2. The fourth-order valence-corrected chi connectivity index (χ4v) is 3.21. The molecule has 0 unspecified atom stereocenters. The van der Waals surface area contributed by atoms with Gasteiger partial charge in [-0.25, -0.2) is 4.98 Å². The second-order valence-corrected chi connectivity index (χ2v) is 8.27. The van der Waals surface area contributed by atoms with Gasteiger partial charge in [-0.2, -0.15) is 0 Å². The Labute approximate surface area is 169 Å². The molecule has 0 saturated carbocycles. The van der Waals surface area contributed by atoms with Crippen LogP contribution in [-0.2, 0) is 13.2 Å². The molecule has 0 aliphatic heterocycles. The van der Waals surface area contributed by atoms with Crippen molar-refractivity contribution in [2.24, 2.45) is 0 Å². The van der Waals surface area contributed by atoms with E-state index in [-0.39, 0.29) is 0 Å². The van der Waals surface area contributed by atoms with Gasteiger partial charge in [-0.05, 0) is 62.6 Å². The number of hydrogen-bond acceptors (Lipinski definition) is 3. The zero-order valence-corrected chi connectivity index (χ0v) is 18.0. The zero-order chi connectivity index (χ0) is 20.3. The molecule has 3 nitrogen and oxygen atoms in total. The van der Waals surface area contributed by atoms with Crippen molar-refractivity contribution in [3.8, 4) is 5.75 Å². The lowest BCUT2D eigenvalue weighted by Crippen LogP contribution is -2.25. The number of ether oxygens (including phenoxy) is 1. The molecule has 0 aliphatic carbocycles. The molecular weight excluding hydrogens is 344 g/mol. The van der Waals surface area contributed by atoms with Gasteiger partial charge in [0.2, 0.25) is 0 Å². The summed E-state index contributed by atoms with van der Waals surface area (Å²) in [5.41, 5.74) is 5.77. The molecule has 3 aromatic rings. The van der Waals surface area contributed by atoms with Crippen LogP contribution < -0.4 is 4.74 Å². The van der Waals surface area contributed by atoms with E-state index in [2.05, 4.69) is 88.2 Å². The van der Waals surface area contributed by atoms with Gasteiger partial charge in [0, 0.05) is 23.7 Å². The Morgan fingerprint density at radius 3 is 2.29 bits per heavy atom. The largest absolute Gasteiger partial charge is 0.487 e. The molecule has 1 heterocycles. The predicted octanol–water partition coefficient (Wildman–Crippen LogP) is 6.09. The van der Waals surface area contributed by atoms with Crippen molar-refractivity contribution < 1.29 is 4.74 Å². The van der Waals surface area contributed by atoms with Crippen LogP contribution in [0.3, 0.4) is 0 Å². The van der Waals surface area contributed by atoms with Crippen LogP contribution in [0.5, 0.6) is 5.75 Å². The highest BCUT2D eigenvalue weighted by Crippen LogP contribution is 2.29. The van der Waals surface area contributed by atoms with Crippen LogP contribution in [-0.4, -0.2) is 23.0 Å². The van der Waals surface area contributed by atoms with E-state index in [4.69, 9.17) is 9.72 Å². The molecule has 0 aliphatic rings. The average Bonchev–Trinajstić information content (AvgIpc) is 2.67. The van der Waals surface area contributed by atoms with E-state index in [1.807, 2.05) is 6.92 Å². The zero-order valence-electron chi connectivity index (χ0n) is 18.0.